The fourth-order valence-electron chi connectivity index (χ4n) is 3.76. The van der Waals surface area contributed by atoms with E-state index in [0.717, 1.165) is 11.1 Å². The van der Waals surface area contributed by atoms with Crippen LogP contribution >= 0.6 is 0 Å². The summed E-state index contributed by atoms with van der Waals surface area (Å²) in [5.41, 5.74) is 2.35. The Morgan fingerprint density at radius 3 is 2.49 bits per heavy atom. The van der Waals surface area contributed by atoms with Crippen LogP contribution in [-0.2, 0) is 14.8 Å². The second-order valence-electron chi connectivity index (χ2n) is 8.25. The van der Waals surface area contributed by atoms with Crippen LogP contribution in [0.3, 0.4) is 0 Å². The number of ether oxygens (including phenoxy) is 3. The van der Waals surface area contributed by atoms with Gasteiger partial charge in [-0.05, 0) is 73.5 Å². The number of amides is 1. The highest BCUT2D eigenvalue weighted by Gasteiger charge is 2.37. The van der Waals surface area contributed by atoms with Gasteiger partial charge in [-0.1, -0.05) is 18.2 Å². The van der Waals surface area contributed by atoms with E-state index in [1.165, 1.54) is 23.5 Å². The molecule has 3 aromatic carbocycles. The number of hydrogen-bond donors (Lipinski definition) is 1. The zero-order valence-electron chi connectivity index (χ0n) is 19.9. The fraction of sp³-hybridized carbons (Fsp3) is 0.269. The molecule has 0 saturated heterocycles. The molecule has 8 nitrogen and oxygen atoms in total. The minimum Gasteiger partial charge on any atom is -0.497 e. The maximum Gasteiger partial charge on any atom is 0.264 e. The Hall–Kier alpha value is -3.72. The van der Waals surface area contributed by atoms with Crippen LogP contribution in [0.1, 0.15) is 11.1 Å². The zero-order chi connectivity index (χ0) is 25.0. The molecule has 1 N–H and O–H groups in total. The molecule has 0 radical (unpaired) electrons. The molecule has 1 heterocycles. The smallest absolute Gasteiger partial charge is 0.264 e. The SMILES string of the molecule is COc1ccc(S(=O)(=O)N2CC(C(=O)NCCOc3cccc(C)c3)Oc3ccc(C)cc32)cc1. The third kappa shape index (κ3) is 5.51. The molecule has 0 aliphatic carbocycles. The number of methoxy groups -OCH3 is 1. The minimum absolute atomic E-state index is 0.0957. The van der Waals surface area contributed by atoms with Crippen LogP contribution in [0, 0.1) is 13.8 Å². The van der Waals surface area contributed by atoms with Gasteiger partial charge in [0.25, 0.3) is 15.9 Å². The third-order valence-electron chi connectivity index (χ3n) is 5.58. The molecule has 1 aliphatic heterocycles. The summed E-state index contributed by atoms with van der Waals surface area (Å²) in [7, 11) is -2.44. The van der Waals surface area contributed by atoms with Gasteiger partial charge in [0.15, 0.2) is 6.10 Å². The lowest BCUT2D eigenvalue weighted by molar-refractivity contribution is -0.127. The number of sulfonamides is 1. The molecule has 0 aromatic heterocycles. The van der Waals surface area contributed by atoms with Crippen molar-refractivity contribution < 1.29 is 27.4 Å². The number of benzene rings is 3. The van der Waals surface area contributed by atoms with Gasteiger partial charge < -0.3 is 19.5 Å². The van der Waals surface area contributed by atoms with Crippen molar-refractivity contribution in [1.29, 1.82) is 0 Å². The summed E-state index contributed by atoms with van der Waals surface area (Å²) in [6, 6.07) is 19.0. The number of nitrogens with zero attached hydrogens (tertiary/aromatic N) is 1. The summed E-state index contributed by atoms with van der Waals surface area (Å²) in [6.07, 6.45) is -1.02. The Labute approximate surface area is 205 Å². The van der Waals surface area contributed by atoms with Crippen molar-refractivity contribution in [3.63, 3.8) is 0 Å². The van der Waals surface area contributed by atoms with Gasteiger partial charge in [-0.3, -0.25) is 9.10 Å². The van der Waals surface area contributed by atoms with Crippen LogP contribution < -0.4 is 23.8 Å². The van der Waals surface area contributed by atoms with Crippen molar-refractivity contribution in [2.24, 2.45) is 0 Å². The van der Waals surface area contributed by atoms with E-state index in [1.54, 1.807) is 24.3 Å². The van der Waals surface area contributed by atoms with E-state index in [9.17, 15) is 13.2 Å². The maximum atomic E-state index is 13.6. The minimum atomic E-state index is -3.96. The molecule has 1 amide bonds. The summed E-state index contributed by atoms with van der Waals surface area (Å²) < 4.78 is 45.0. The molecule has 184 valence electrons. The molecule has 3 aromatic rings. The second-order valence-corrected chi connectivity index (χ2v) is 10.1. The Morgan fingerprint density at radius 1 is 1.03 bits per heavy atom. The van der Waals surface area contributed by atoms with Crippen molar-refractivity contribution >= 4 is 21.6 Å². The Balaban J connectivity index is 1.49. The molecule has 0 spiro atoms. The Kier molecular flexibility index (Phi) is 7.16. The number of hydrogen-bond acceptors (Lipinski definition) is 6. The van der Waals surface area contributed by atoms with E-state index in [4.69, 9.17) is 14.2 Å². The first-order valence-corrected chi connectivity index (χ1v) is 12.6. The van der Waals surface area contributed by atoms with E-state index in [2.05, 4.69) is 5.32 Å². The van der Waals surface area contributed by atoms with Gasteiger partial charge in [0, 0.05) is 0 Å². The van der Waals surface area contributed by atoms with Gasteiger partial charge in [0.2, 0.25) is 0 Å². The van der Waals surface area contributed by atoms with Gasteiger partial charge in [-0.15, -0.1) is 0 Å². The summed E-state index contributed by atoms with van der Waals surface area (Å²) in [4.78, 5) is 13.0. The average molecular weight is 497 g/mol. The fourth-order valence-corrected chi connectivity index (χ4v) is 5.23. The summed E-state index contributed by atoms with van der Waals surface area (Å²) >= 11 is 0. The molecule has 9 heteroatoms. The first-order valence-electron chi connectivity index (χ1n) is 11.2. The molecule has 1 unspecified atom stereocenters. The highest BCUT2D eigenvalue weighted by atomic mass is 32.2. The number of nitrogens with one attached hydrogen (secondary N) is 1. The zero-order valence-corrected chi connectivity index (χ0v) is 20.7. The molecule has 4 rings (SSSR count). The van der Waals surface area contributed by atoms with Crippen molar-refractivity contribution in [2.45, 2.75) is 24.8 Å². The topological polar surface area (TPSA) is 94.2 Å². The van der Waals surface area contributed by atoms with Crippen molar-refractivity contribution in [3.05, 3.63) is 77.9 Å². The van der Waals surface area contributed by atoms with E-state index in [0.29, 0.717) is 22.9 Å². The summed E-state index contributed by atoms with van der Waals surface area (Å²) in [6.45, 7) is 4.20. The van der Waals surface area contributed by atoms with E-state index in [1.807, 2.05) is 44.2 Å². The standard InChI is InChI=1S/C26H28N2O6S/c1-18-5-4-6-21(15-18)33-14-13-27-26(29)25-17-28(23-16-19(2)7-12-24(23)34-25)35(30,31)22-10-8-20(32-3)9-11-22/h4-12,15-16,25H,13-14,17H2,1-3H3,(H,27,29). The third-order valence-corrected chi connectivity index (χ3v) is 7.38. The van der Waals surface area contributed by atoms with E-state index in [-0.39, 0.29) is 24.6 Å². The van der Waals surface area contributed by atoms with Crippen molar-refractivity contribution in [2.75, 3.05) is 31.1 Å². The number of aryl methyl sites for hydroxylation is 2. The van der Waals surface area contributed by atoms with Crippen LogP contribution in [0.25, 0.3) is 0 Å². The summed E-state index contributed by atoms with van der Waals surface area (Å²) in [5, 5.41) is 2.78. The number of carbonyl (C=O) groups is 1. The van der Waals surface area contributed by atoms with Crippen LogP contribution in [-0.4, -0.2) is 47.2 Å². The number of fused-ring (bicyclic) bond motifs is 1. The molecular formula is C26H28N2O6S. The number of anilines is 1. The van der Waals surface area contributed by atoms with Crippen molar-refractivity contribution in [3.8, 4) is 17.2 Å². The lowest BCUT2D eigenvalue weighted by Gasteiger charge is -2.35. The molecular weight excluding hydrogens is 468 g/mol. The second kappa shape index (κ2) is 10.3. The van der Waals surface area contributed by atoms with Gasteiger partial charge >= 0.3 is 0 Å². The van der Waals surface area contributed by atoms with Crippen LogP contribution in [0.5, 0.6) is 17.2 Å². The highest BCUT2D eigenvalue weighted by molar-refractivity contribution is 7.92. The van der Waals surface area contributed by atoms with Gasteiger partial charge in [0.05, 0.1) is 30.8 Å². The summed E-state index contributed by atoms with van der Waals surface area (Å²) in [5.74, 6) is 1.18. The Morgan fingerprint density at radius 2 is 1.77 bits per heavy atom. The first kappa shape index (κ1) is 24.4. The van der Waals surface area contributed by atoms with Crippen LogP contribution in [0.2, 0.25) is 0 Å². The molecule has 1 aliphatic rings. The molecule has 0 fully saturated rings. The average Bonchev–Trinajstić information content (AvgIpc) is 2.86. The van der Waals surface area contributed by atoms with Gasteiger partial charge in [-0.25, -0.2) is 8.42 Å². The normalized spacial score (nSPS) is 15.1. The largest absolute Gasteiger partial charge is 0.497 e. The highest BCUT2D eigenvalue weighted by Crippen LogP contribution is 2.38. The van der Waals surface area contributed by atoms with Crippen LogP contribution in [0.4, 0.5) is 5.69 Å². The van der Waals surface area contributed by atoms with Gasteiger partial charge in [0.1, 0.15) is 23.9 Å². The molecule has 35 heavy (non-hydrogen) atoms. The quantitative estimate of drug-likeness (QED) is 0.480. The number of rotatable bonds is 8. The van der Waals surface area contributed by atoms with E-state index >= 15 is 0 Å². The Bertz CT molecular complexity index is 1310. The first-order chi connectivity index (χ1) is 16.8. The van der Waals surface area contributed by atoms with E-state index < -0.39 is 22.0 Å². The van der Waals surface area contributed by atoms with Crippen molar-refractivity contribution in [1.82, 2.24) is 5.32 Å². The monoisotopic (exact) mass is 496 g/mol. The number of carbonyl (C=O) groups excluding carboxylic acids is 1. The predicted octanol–water partition coefficient (Wildman–Crippen LogP) is 3.46. The molecule has 0 bridgehead atoms. The molecule has 1 atom stereocenters. The lowest BCUT2D eigenvalue weighted by atomic mass is 10.1. The predicted molar refractivity (Wildman–Crippen MR) is 133 cm³/mol. The van der Waals surface area contributed by atoms with Crippen LogP contribution in [0.15, 0.2) is 71.6 Å². The lowest BCUT2D eigenvalue weighted by Crippen LogP contribution is -2.51. The maximum absolute atomic E-state index is 13.6. The van der Waals surface area contributed by atoms with Gasteiger partial charge in [-0.2, -0.15) is 0 Å². The molecule has 0 saturated carbocycles.